The van der Waals surface area contributed by atoms with Crippen LogP contribution in [0.4, 0.5) is 0 Å². The Morgan fingerprint density at radius 2 is 1.00 bits per heavy atom. The highest BCUT2D eigenvalue weighted by atomic mass is 16.5. The van der Waals surface area contributed by atoms with E-state index in [1.807, 2.05) is 18.2 Å². The molecule has 4 heteroatoms. The molecule has 254 valence electrons. The number of benzene rings is 8. The van der Waals surface area contributed by atoms with Gasteiger partial charge in [-0.15, -0.1) is 0 Å². The molecule has 0 radical (unpaired) electrons. The van der Waals surface area contributed by atoms with Crippen molar-refractivity contribution < 1.29 is 4.74 Å². The molecule has 8 aromatic rings. The summed E-state index contributed by atoms with van der Waals surface area (Å²) < 4.78 is 6.77. The smallest absolute Gasteiger partial charge is 0.169 e. The van der Waals surface area contributed by atoms with Crippen molar-refractivity contribution >= 4 is 22.4 Å². The summed E-state index contributed by atoms with van der Waals surface area (Å²) in [5, 5.41) is 5.94. The number of hydrogen-bond acceptors (Lipinski definition) is 4. The van der Waals surface area contributed by atoms with Gasteiger partial charge >= 0.3 is 0 Å². The third-order valence-corrected chi connectivity index (χ3v) is 11.2. The van der Waals surface area contributed by atoms with Crippen molar-refractivity contribution in [2.75, 3.05) is 0 Å². The lowest BCUT2D eigenvalue weighted by Gasteiger charge is -2.39. The molecular weight excluding hydrogens is 659 g/mol. The van der Waals surface area contributed by atoms with Crippen molar-refractivity contribution in [2.24, 2.45) is 9.98 Å². The van der Waals surface area contributed by atoms with Crippen LogP contribution in [0.1, 0.15) is 45.1 Å². The van der Waals surface area contributed by atoms with Crippen LogP contribution in [0, 0.1) is 0 Å². The van der Waals surface area contributed by atoms with Crippen molar-refractivity contribution in [1.82, 2.24) is 5.32 Å². The maximum Gasteiger partial charge on any atom is 0.169 e. The number of nitrogens with one attached hydrogen (secondary N) is 1. The van der Waals surface area contributed by atoms with Gasteiger partial charge in [0.2, 0.25) is 0 Å². The first-order valence-electron chi connectivity index (χ1n) is 18.4. The molecule has 11 rings (SSSR count). The van der Waals surface area contributed by atoms with Crippen LogP contribution in [0.3, 0.4) is 0 Å². The van der Waals surface area contributed by atoms with Gasteiger partial charge in [-0.25, -0.2) is 9.98 Å². The van der Waals surface area contributed by atoms with E-state index in [1.54, 1.807) is 0 Å². The summed E-state index contributed by atoms with van der Waals surface area (Å²) in [5.41, 5.74) is 12.3. The van der Waals surface area contributed by atoms with Crippen molar-refractivity contribution in [1.29, 1.82) is 0 Å². The van der Waals surface area contributed by atoms with Gasteiger partial charge in [0.15, 0.2) is 6.17 Å². The molecule has 54 heavy (non-hydrogen) atoms. The molecule has 0 aromatic heterocycles. The molecule has 1 spiro atoms. The summed E-state index contributed by atoms with van der Waals surface area (Å²) in [6, 6.07) is 66.6. The highest BCUT2D eigenvalue weighted by molar-refractivity contribution is 6.20. The third-order valence-electron chi connectivity index (χ3n) is 11.2. The Morgan fingerprint density at radius 1 is 0.426 bits per heavy atom. The van der Waals surface area contributed by atoms with E-state index in [-0.39, 0.29) is 6.17 Å². The van der Waals surface area contributed by atoms with E-state index in [2.05, 4.69) is 175 Å². The SMILES string of the molecule is c1ccc(C2N=C(c3ccc(-c4ccc5c(c4)Oc4ccccc4C54c5ccccc5-c5ccccc54)cc3)NC(c3cccc4ccccc34)=N2)cc1. The average molecular weight is 692 g/mol. The molecule has 1 atom stereocenters. The molecule has 1 aliphatic carbocycles. The first kappa shape index (κ1) is 30.6. The monoisotopic (exact) mass is 691 g/mol. The van der Waals surface area contributed by atoms with Gasteiger partial charge in [0.05, 0.1) is 5.41 Å². The second kappa shape index (κ2) is 12.0. The van der Waals surface area contributed by atoms with Gasteiger partial charge in [-0.2, -0.15) is 0 Å². The fraction of sp³-hybridized carbons (Fsp3) is 0.0400. The zero-order valence-corrected chi connectivity index (χ0v) is 29.3. The maximum absolute atomic E-state index is 6.77. The summed E-state index contributed by atoms with van der Waals surface area (Å²) in [7, 11) is 0. The van der Waals surface area contributed by atoms with Gasteiger partial charge in [-0.3, -0.25) is 0 Å². The van der Waals surface area contributed by atoms with E-state index in [1.165, 1.54) is 33.2 Å². The third kappa shape index (κ3) is 4.56. The predicted octanol–water partition coefficient (Wildman–Crippen LogP) is 11.5. The number of fused-ring (bicyclic) bond motifs is 10. The second-order valence-corrected chi connectivity index (χ2v) is 14.1. The zero-order valence-electron chi connectivity index (χ0n) is 29.3. The Hall–Kier alpha value is -7.04. The van der Waals surface area contributed by atoms with E-state index < -0.39 is 5.41 Å². The molecular formula is C50H33N3O. The molecule has 0 amide bonds. The lowest BCUT2D eigenvalue weighted by Crippen LogP contribution is -2.36. The first-order chi connectivity index (χ1) is 26.8. The summed E-state index contributed by atoms with van der Waals surface area (Å²) >= 11 is 0. The molecule has 0 bridgehead atoms. The molecule has 2 aliphatic heterocycles. The van der Waals surface area contributed by atoms with Crippen LogP contribution in [-0.2, 0) is 5.41 Å². The van der Waals surface area contributed by atoms with Crippen molar-refractivity contribution in [3.05, 3.63) is 227 Å². The standard InChI is InChI=1S/C50H33N3O/c1-2-14-34(15-3-1)47-51-48(53-49(52-47)40-20-12-16-33-13-4-5-17-37(33)40)35-27-25-32(26-28-35)36-29-30-44-46(31-36)54-45-24-11-10-23-43(45)50(44)41-21-8-6-18-38(41)39-19-7-9-22-42(39)50/h1-31,47H,(H,51,52,53). The van der Waals surface area contributed by atoms with Gasteiger partial charge in [0, 0.05) is 22.3 Å². The van der Waals surface area contributed by atoms with Gasteiger partial charge in [0.1, 0.15) is 23.2 Å². The van der Waals surface area contributed by atoms with Crippen LogP contribution >= 0.6 is 0 Å². The van der Waals surface area contributed by atoms with E-state index in [4.69, 9.17) is 14.7 Å². The van der Waals surface area contributed by atoms with Crippen LogP contribution in [0.2, 0.25) is 0 Å². The van der Waals surface area contributed by atoms with E-state index >= 15 is 0 Å². The number of para-hydroxylation sites is 1. The number of amidine groups is 2. The fourth-order valence-corrected chi connectivity index (χ4v) is 8.80. The molecule has 1 unspecified atom stereocenters. The summed E-state index contributed by atoms with van der Waals surface area (Å²) in [6.07, 6.45) is -0.366. The molecule has 4 nitrogen and oxygen atoms in total. The fourth-order valence-electron chi connectivity index (χ4n) is 8.80. The highest BCUT2D eigenvalue weighted by Crippen LogP contribution is 2.62. The Balaban J connectivity index is 0.987. The van der Waals surface area contributed by atoms with Crippen LogP contribution in [0.25, 0.3) is 33.0 Å². The highest BCUT2D eigenvalue weighted by Gasteiger charge is 2.50. The van der Waals surface area contributed by atoms with Gasteiger partial charge < -0.3 is 10.1 Å². The van der Waals surface area contributed by atoms with Crippen LogP contribution in [-0.4, -0.2) is 11.7 Å². The van der Waals surface area contributed by atoms with Crippen molar-refractivity contribution in [3.63, 3.8) is 0 Å². The summed E-state index contributed by atoms with van der Waals surface area (Å²) in [6.45, 7) is 0. The summed E-state index contributed by atoms with van der Waals surface area (Å²) in [5.74, 6) is 3.37. The minimum atomic E-state index is -0.469. The average Bonchev–Trinajstić information content (AvgIpc) is 3.54. The Kier molecular flexibility index (Phi) is 6.80. The molecule has 2 heterocycles. The van der Waals surface area contributed by atoms with Gasteiger partial charge in [-0.05, 0) is 61.8 Å². The number of rotatable bonds is 4. The van der Waals surface area contributed by atoms with Crippen LogP contribution < -0.4 is 10.1 Å². The van der Waals surface area contributed by atoms with Gasteiger partial charge in [0.25, 0.3) is 0 Å². The Labute approximate surface area is 313 Å². The topological polar surface area (TPSA) is 46.0 Å². The Bertz CT molecular complexity index is 2790. The van der Waals surface area contributed by atoms with E-state index in [0.29, 0.717) is 0 Å². The quantitative estimate of drug-likeness (QED) is 0.200. The minimum absolute atomic E-state index is 0.366. The minimum Gasteiger partial charge on any atom is -0.457 e. The molecule has 0 saturated heterocycles. The lowest BCUT2D eigenvalue weighted by atomic mass is 9.66. The van der Waals surface area contributed by atoms with E-state index in [0.717, 1.165) is 61.9 Å². The largest absolute Gasteiger partial charge is 0.457 e. The lowest BCUT2D eigenvalue weighted by molar-refractivity contribution is 0.436. The van der Waals surface area contributed by atoms with Crippen LogP contribution in [0.5, 0.6) is 11.5 Å². The predicted molar refractivity (Wildman–Crippen MR) is 219 cm³/mol. The Morgan fingerprint density at radius 3 is 1.80 bits per heavy atom. The van der Waals surface area contributed by atoms with Crippen molar-refractivity contribution in [3.8, 4) is 33.8 Å². The van der Waals surface area contributed by atoms with Crippen LogP contribution in [0.15, 0.2) is 198 Å². The van der Waals surface area contributed by atoms with Crippen molar-refractivity contribution in [2.45, 2.75) is 11.6 Å². The number of nitrogens with zero attached hydrogens (tertiary/aromatic N) is 2. The molecule has 1 N–H and O–H groups in total. The number of hydrogen-bond donors (Lipinski definition) is 1. The van der Waals surface area contributed by atoms with Gasteiger partial charge in [-0.1, -0.05) is 176 Å². The van der Waals surface area contributed by atoms with E-state index in [9.17, 15) is 0 Å². The molecule has 8 aromatic carbocycles. The molecule has 3 aliphatic rings. The first-order valence-corrected chi connectivity index (χ1v) is 18.4. The number of ether oxygens (including phenoxy) is 1. The maximum atomic E-state index is 6.77. The normalized spacial score (nSPS) is 15.9. The zero-order chi connectivity index (χ0) is 35.6. The summed E-state index contributed by atoms with van der Waals surface area (Å²) in [4.78, 5) is 10.3. The number of aliphatic imine (C=N–C) groups is 2. The molecule has 0 fully saturated rings. The molecule has 0 saturated carbocycles. The second-order valence-electron chi connectivity index (χ2n) is 14.1.